The summed E-state index contributed by atoms with van der Waals surface area (Å²) in [6, 6.07) is 4.03. The first-order valence-electron chi connectivity index (χ1n) is 7.66. The molecule has 1 fully saturated rings. The normalized spacial score (nSPS) is 17.3. The van der Waals surface area contributed by atoms with E-state index in [0.717, 1.165) is 12.1 Å². The van der Waals surface area contributed by atoms with Crippen molar-refractivity contribution in [1.29, 1.82) is 0 Å². The monoisotopic (exact) mass is 293 g/mol. The van der Waals surface area contributed by atoms with Gasteiger partial charge in [-0.3, -0.25) is 0 Å². The first kappa shape index (κ1) is 16.0. The van der Waals surface area contributed by atoms with Crippen LogP contribution < -0.4 is 19.5 Å². The van der Waals surface area contributed by atoms with Crippen LogP contribution in [0.2, 0.25) is 0 Å². The minimum Gasteiger partial charge on any atom is -0.493 e. The maximum Gasteiger partial charge on any atom is 0.203 e. The van der Waals surface area contributed by atoms with E-state index < -0.39 is 0 Å². The number of hydrogen-bond donors (Lipinski definition) is 1. The van der Waals surface area contributed by atoms with Crippen LogP contribution in [0.15, 0.2) is 12.1 Å². The summed E-state index contributed by atoms with van der Waals surface area (Å²) in [4.78, 5) is 0. The van der Waals surface area contributed by atoms with Crippen molar-refractivity contribution in [3.8, 4) is 17.2 Å². The lowest BCUT2D eigenvalue weighted by Gasteiger charge is -2.35. The minimum atomic E-state index is 0.249. The van der Waals surface area contributed by atoms with Gasteiger partial charge in [-0.1, -0.05) is 19.3 Å². The highest BCUT2D eigenvalue weighted by Gasteiger charge is 2.26. The van der Waals surface area contributed by atoms with Crippen molar-refractivity contribution in [2.75, 3.05) is 21.3 Å². The predicted molar refractivity (Wildman–Crippen MR) is 84.4 cm³/mol. The van der Waals surface area contributed by atoms with Gasteiger partial charge in [-0.25, -0.2) is 0 Å². The van der Waals surface area contributed by atoms with Gasteiger partial charge < -0.3 is 19.5 Å². The van der Waals surface area contributed by atoms with Crippen LogP contribution in [0.4, 0.5) is 0 Å². The second kappa shape index (κ2) is 7.03. The molecule has 1 aromatic carbocycles. The van der Waals surface area contributed by atoms with Crippen molar-refractivity contribution in [3.05, 3.63) is 17.7 Å². The van der Waals surface area contributed by atoms with Crippen molar-refractivity contribution in [2.45, 2.75) is 51.1 Å². The molecule has 4 nitrogen and oxygen atoms in total. The fourth-order valence-electron chi connectivity index (χ4n) is 3.06. The Morgan fingerprint density at radius 2 is 1.52 bits per heavy atom. The highest BCUT2D eigenvalue weighted by Crippen LogP contribution is 2.38. The molecule has 0 aliphatic heterocycles. The van der Waals surface area contributed by atoms with Crippen LogP contribution in [0.25, 0.3) is 0 Å². The Kier molecular flexibility index (Phi) is 5.34. The molecule has 0 radical (unpaired) electrons. The molecule has 0 spiro atoms. The highest BCUT2D eigenvalue weighted by molar-refractivity contribution is 5.53. The molecule has 118 valence electrons. The molecule has 0 atom stereocenters. The second-order valence-corrected chi connectivity index (χ2v) is 6.01. The van der Waals surface area contributed by atoms with Crippen molar-refractivity contribution in [1.82, 2.24) is 5.32 Å². The molecule has 1 aromatic rings. The summed E-state index contributed by atoms with van der Waals surface area (Å²) in [6.45, 7) is 3.14. The van der Waals surface area contributed by atoms with E-state index in [0.29, 0.717) is 17.2 Å². The van der Waals surface area contributed by atoms with E-state index in [-0.39, 0.29) is 5.54 Å². The molecule has 0 bridgehead atoms. The summed E-state index contributed by atoms with van der Waals surface area (Å²) in [7, 11) is 4.93. The third kappa shape index (κ3) is 3.82. The zero-order chi connectivity index (χ0) is 15.3. The minimum absolute atomic E-state index is 0.249. The molecule has 0 amide bonds. The van der Waals surface area contributed by atoms with Gasteiger partial charge >= 0.3 is 0 Å². The average molecular weight is 293 g/mol. The lowest BCUT2D eigenvalue weighted by atomic mass is 9.83. The van der Waals surface area contributed by atoms with Crippen molar-refractivity contribution < 1.29 is 14.2 Å². The van der Waals surface area contributed by atoms with Crippen molar-refractivity contribution in [3.63, 3.8) is 0 Å². The Morgan fingerprint density at radius 1 is 0.952 bits per heavy atom. The van der Waals surface area contributed by atoms with E-state index >= 15 is 0 Å². The Labute approximate surface area is 127 Å². The molecule has 2 rings (SSSR count). The van der Waals surface area contributed by atoms with E-state index in [9.17, 15) is 0 Å². The second-order valence-electron chi connectivity index (χ2n) is 6.01. The Bertz CT molecular complexity index is 442. The van der Waals surface area contributed by atoms with Crippen LogP contribution in [0.5, 0.6) is 17.2 Å². The Hall–Kier alpha value is -1.42. The topological polar surface area (TPSA) is 39.7 Å². The highest BCUT2D eigenvalue weighted by atomic mass is 16.5. The molecule has 1 aliphatic rings. The number of benzene rings is 1. The van der Waals surface area contributed by atoms with E-state index in [1.807, 2.05) is 12.1 Å². The smallest absolute Gasteiger partial charge is 0.203 e. The van der Waals surface area contributed by atoms with Crippen LogP contribution in [-0.4, -0.2) is 26.9 Å². The molecule has 0 unspecified atom stereocenters. The third-order valence-corrected chi connectivity index (χ3v) is 4.40. The summed E-state index contributed by atoms with van der Waals surface area (Å²) in [5.41, 5.74) is 1.40. The number of hydrogen-bond acceptors (Lipinski definition) is 4. The van der Waals surface area contributed by atoms with E-state index in [2.05, 4.69) is 12.2 Å². The quantitative estimate of drug-likeness (QED) is 0.871. The molecular weight excluding hydrogens is 266 g/mol. The Balaban J connectivity index is 2.12. The number of rotatable bonds is 6. The fourth-order valence-corrected chi connectivity index (χ4v) is 3.06. The van der Waals surface area contributed by atoms with E-state index in [1.165, 1.54) is 32.1 Å². The van der Waals surface area contributed by atoms with Gasteiger partial charge in [-0.05, 0) is 37.5 Å². The SMILES string of the molecule is COc1cc(CNC2(C)CCCCC2)cc(OC)c1OC. The molecule has 1 aliphatic carbocycles. The van der Waals surface area contributed by atoms with Gasteiger partial charge in [0.15, 0.2) is 11.5 Å². The predicted octanol–water partition coefficient (Wildman–Crippen LogP) is 3.52. The van der Waals surface area contributed by atoms with Crippen molar-refractivity contribution >= 4 is 0 Å². The standard InChI is InChI=1S/C17H27NO3/c1-17(8-6-5-7-9-17)18-12-13-10-14(19-2)16(21-4)15(11-13)20-3/h10-11,18H,5-9,12H2,1-4H3. The molecule has 1 saturated carbocycles. The van der Waals surface area contributed by atoms with Gasteiger partial charge in [0.05, 0.1) is 21.3 Å². The summed E-state index contributed by atoms with van der Waals surface area (Å²) in [5, 5.41) is 3.70. The summed E-state index contributed by atoms with van der Waals surface area (Å²) in [6.07, 6.45) is 6.49. The third-order valence-electron chi connectivity index (χ3n) is 4.40. The molecule has 0 saturated heterocycles. The number of nitrogens with one attached hydrogen (secondary N) is 1. The van der Waals surface area contributed by atoms with Crippen molar-refractivity contribution in [2.24, 2.45) is 0 Å². The molecule has 0 heterocycles. The van der Waals surface area contributed by atoms with E-state index in [4.69, 9.17) is 14.2 Å². The lowest BCUT2D eigenvalue weighted by Crippen LogP contribution is -2.43. The maximum atomic E-state index is 5.40. The van der Waals surface area contributed by atoms with Gasteiger partial charge in [0.1, 0.15) is 0 Å². The lowest BCUT2D eigenvalue weighted by molar-refractivity contribution is 0.252. The van der Waals surface area contributed by atoms with Crippen LogP contribution >= 0.6 is 0 Å². The van der Waals surface area contributed by atoms with E-state index in [1.54, 1.807) is 21.3 Å². The average Bonchev–Trinajstić information content (AvgIpc) is 2.52. The van der Waals surface area contributed by atoms with Gasteiger partial charge in [0, 0.05) is 12.1 Å². The zero-order valence-electron chi connectivity index (χ0n) is 13.6. The van der Waals surface area contributed by atoms with Crippen LogP contribution in [0, 0.1) is 0 Å². The largest absolute Gasteiger partial charge is 0.493 e. The van der Waals surface area contributed by atoms with Gasteiger partial charge in [0.25, 0.3) is 0 Å². The zero-order valence-corrected chi connectivity index (χ0v) is 13.6. The van der Waals surface area contributed by atoms with Gasteiger partial charge in [0.2, 0.25) is 5.75 Å². The molecule has 4 heteroatoms. The summed E-state index contributed by atoms with van der Waals surface area (Å²) in [5.74, 6) is 2.07. The summed E-state index contributed by atoms with van der Waals surface area (Å²) >= 11 is 0. The summed E-state index contributed by atoms with van der Waals surface area (Å²) < 4.78 is 16.2. The molecule has 21 heavy (non-hydrogen) atoms. The first-order valence-corrected chi connectivity index (χ1v) is 7.66. The maximum absolute atomic E-state index is 5.40. The van der Waals surface area contributed by atoms with Crippen LogP contribution in [0.3, 0.4) is 0 Å². The first-order chi connectivity index (χ1) is 10.1. The number of methoxy groups -OCH3 is 3. The van der Waals surface area contributed by atoms with Crippen LogP contribution in [-0.2, 0) is 6.54 Å². The molecule has 0 aromatic heterocycles. The molecular formula is C17H27NO3. The van der Waals surface area contributed by atoms with Gasteiger partial charge in [-0.2, -0.15) is 0 Å². The van der Waals surface area contributed by atoms with Crippen LogP contribution in [0.1, 0.15) is 44.6 Å². The van der Waals surface area contributed by atoms with Gasteiger partial charge in [-0.15, -0.1) is 0 Å². The number of ether oxygens (including phenoxy) is 3. The Morgan fingerprint density at radius 3 is 2.00 bits per heavy atom. The fraction of sp³-hybridized carbons (Fsp3) is 0.647. The molecule has 1 N–H and O–H groups in total.